The molecule has 3 N–H and O–H groups in total. The molecule has 0 amide bonds. The van der Waals surface area contributed by atoms with Gasteiger partial charge in [-0.1, -0.05) is 25.5 Å². The van der Waals surface area contributed by atoms with Gasteiger partial charge in [0.05, 0.1) is 15.8 Å². The molecule has 29 heavy (non-hydrogen) atoms. The van der Waals surface area contributed by atoms with E-state index in [0.29, 0.717) is 29.4 Å². The van der Waals surface area contributed by atoms with Gasteiger partial charge in [0.2, 0.25) is 5.95 Å². The van der Waals surface area contributed by atoms with Crippen LogP contribution in [-0.4, -0.2) is 45.9 Å². The first-order chi connectivity index (χ1) is 13.9. The molecular formula is C19H22F3N5OS. The number of aromatic nitrogens is 3. The average Bonchev–Trinajstić information content (AvgIpc) is 3.13. The van der Waals surface area contributed by atoms with Crippen molar-refractivity contribution in [2.24, 2.45) is 5.92 Å². The molecule has 1 aromatic carbocycles. The van der Waals surface area contributed by atoms with Gasteiger partial charge in [-0.25, -0.2) is 9.97 Å². The van der Waals surface area contributed by atoms with Crippen LogP contribution < -0.4 is 10.6 Å². The lowest BCUT2D eigenvalue weighted by atomic mass is 10.0. The number of aliphatic hydroxyl groups is 1. The predicted molar refractivity (Wildman–Crippen MR) is 109 cm³/mol. The van der Waals surface area contributed by atoms with E-state index in [4.69, 9.17) is 0 Å². The van der Waals surface area contributed by atoms with Crippen LogP contribution in [0.15, 0.2) is 30.5 Å². The monoisotopic (exact) mass is 425 g/mol. The minimum absolute atomic E-state index is 0.0884. The van der Waals surface area contributed by atoms with Crippen LogP contribution in [0.25, 0.3) is 20.8 Å². The van der Waals surface area contributed by atoms with Crippen LogP contribution in [0.2, 0.25) is 0 Å². The molecule has 156 valence electrons. The molecular weight excluding hydrogens is 403 g/mol. The molecule has 3 aromatic rings. The van der Waals surface area contributed by atoms with Crippen LogP contribution in [0.3, 0.4) is 0 Å². The second kappa shape index (κ2) is 9.36. The number of para-hydroxylation sites is 1. The summed E-state index contributed by atoms with van der Waals surface area (Å²) >= 11 is 1.47. The summed E-state index contributed by atoms with van der Waals surface area (Å²) < 4.78 is 38.5. The van der Waals surface area contributed by atoms with E-state index in [1.165, 1.54) is 17.5 Å². The lowest BCUT2D eigenvalue weighted by Crippen LogP contribution is -2.22. The number of fused-ring (bicyclic) bond motifs is 1. The quantitative estimate of drug-likeness (QED) is 0.467. The Kier molecular flexibility index (Phi) is 6.86. The molecule has 0 spiro atoms. The third-order valence-corrected chi connectivity index (χ3v) is 5.51. The molecule has 3 rings (SSSR count). The van der Waals surface area contributed by atoms with Gasteiger partial charge >= 0.3 is 6.18 Å². The molecule has 1 unspecified atom stereocenters. The van der Waals surface area contributed by atoms with Crippen LogP contribution >= 0.6 is 11.3 Å². The Morgan fingerprint density at radius 3 is 2.66 bits per heavy atom. The van der Waals surface area contributed by atoms with Crippen LogP contribution in [0.1, 0.15) is 19.8 Å². The summed E-state index contributed by atoms with van der Waals surface area (Å²) in [5.41, 5.74) is 1.46. The van der Waals surface area contributed by atoms with Crippen LogP contribution in [0, 0.1) is 5.92 Å². The smallest absolute Gasteiger partial charge is 0.396 e. The van der Waals surface area contributed by atoms with Crippen molar-refractivity contribution >= 4 is 33.3 Å². The maximum atomic E-state index is 12.5. The van der Waals surface area contributed by atoms with E-state index in [1.807, 2.05) is 31.2 Å². The molecule has 0 saturated heterocycles. The highest BCUT2D eigenvalue weighted by Crippen LogP contribution is 2.34. The molecule has 0 fully saturated rings. The summed E-state index contributed by atoms with van der Waals surface area (Å²) in [6.45, 7) is 1.39. The summed E-state index contributed by atoms with van der Waals surface area (Å²) in [6.07, 6.45) is -1.33. The Hall–Kier alpha value is -2.46. The van der Waals surface area contributed by atoms with E-state index in [0.717, 1.165) is 16.6 Å². The van der Waals surface area contributed by atoms with E-state index in [-0.39, 0.29) is 18.5 Å². The SMILES string of the molecule is CCC(CO)CCNc1nc(NCC(F)(F)F)ncc1-c1nc2ccccc2s1. The van der Waals surface area contributed by atoms with E-state index in [1.54, 1.807) is 0 Å². The van der Waals surface area contributed by atoms with Gasteiger partial charge in [0, 0.05) is 19.3 Å². The Morgan fingerprint density at radius 1 is 1.17 bits per heavy atom. The number of thiazole rings is 1. The van der Waals surface area contributed by atoms with Crippen molar-refractivity contribution in [1.29, 1.82) is 0 Å². The second-order valence-corrected chi connectivity index (χ2v) is 7.61. The first kappa shape index (κ1) is 21.3. The van der Waals surface area contributed by atoms with Gasteiger partial charge < -0.3 is 15.7 Å². The highest BCUT2D eigenvalue weighted by atomic mass is 32.1. The van der Waals surface area contributed by atoms with Crippen molar-refractivity contribution in [3.05, 3.63) is 30.5 Å². The van der Waals surface area contributed by atoms with Crippen LogP contribution in [-0.2, 0) is 0 Å². The number of halogens is 3. The molecule has 0 bridgehead atoms. The highest BCUT2D eigenvalue weighted by molar-refractivity contribution is 7.21. The molecule has 0 radical (unpaired) electrons. The zero-order valence-electron chi connectivity index (χ0n) is 15.8. The Morgan fingerprint density at radius 2 is 1.97 bits per heavy atom. The van der Waals surface area contributed by atoms with Crippen molar-refractivity contribution < 1.29 is 18.3 Å². The topological polar surface area (TPSA) is 83.0 Å². The third-order valence-electron chi connectivity index (χ3n) is 4.44. The van der Waals surface area contributed by atoms with E-state index < -0.39 is 12.7 Å². The number of nitrogens with one attached hydrogen (secondary N) is 2. The fourth-order valence-corrected chi connectivity index (χ4v) is 3.72. The number of benzene rings is 1. The molecule has 1 atom stereocenters. The predicted octanol–water partition coefficient (Wildman–Crippen LogP) is 4.55. The molecule has 0 aliphatic heterocycles. The van der Waals surface area contributed by atoms with Gasteiger partial charge in [-0.3, -0.25) is 0 Å². The maximum absolute atomic E-state index is 12.5. The standard InChI is InChI=1S/C19H22F3N5OS/c1-2-12(10-28)7-8-23-16-13(9-24-18(27-16)25-11-19(20,21)22)17-26-14-5-3-4-6-15(14)29-17/h3-6,9,12,28H,2,7-8,10-11H2,1H3,(H2,23,24,25,27). The first-order valence-corrected chi connectivity index (χ1v) is 10.1. The van der Waals surface area contributed by atoms with Gasteiger partial charge in [-0.15, -0.1) is 11.3 Å². The minimum atomic E-state index is -4.36. The van der Waals surface area contributed by atoms with Gasteiger partial charge in [0.1, 0.15) is 17.4 Å². The molecule has 6 nitrogen and oxygen atoms in total. The fourth-order valence-electron chi connectivity index (χ4n) is 2.74. The lowest BCUT2D eigenvalue weighted by molar-refractivity contribution is -0.115. The maximum Gasteiger partial charge on any atom is 0.405 e. The summed E-state index contributed by atoms with van der Waals surface area (Å²) in [4.78, 5) is 12.9. The van der Waals surface area contributed by atoms with Crippen LogP contribution in [0.4, 0.5) is 24.9 Å². The normalized spacial score (nSPS) is 12.9. The Balaban J connectivity index is 1.86. The molecule has 0 saturated carbocycles. The Labute approximate surface area is 170 Å². The summed E-state index contributed by atoms with van der Waals surface area (Å²) in [7, 11) is 0. The summed E-state index contributed by atoms with van der Waals surface area (Å²) in [5, 5.41) is 15.4. The van der Waals surface area contributed by atoms with E-state index >= 15 is 0 Å². The van der Waals surface area contributed by atoms with Crippen molar-refractivity contribution in [2.45, 2.75) is 25.9 Å². The molecule has 0 aliphatic rings. The number of hydrogen-bond acceptors (Lipinski definition) is 7. The molecule has 10 heteroatoms. The Bertz CT molecular complexity index is 910. The van der Waals surface area contributed by atoms with Crippen molar-refractivity contribution in [2.75, 3.05) is 30.3 Å². The molecule has 0 aliphatic carbocycles. The largest absolute Gasteiger partial charge is 0.405 e. The number of anilines is 2. The third kappa shape index (κ3) is 5.77. The average molecular weight is 425 g/mol. The van der Waals surface area contributed by atoms with Gasteiger partial charge in [0.15, 0.2) is 0 Å². The van der Waals surface area contributed by atoms with E-state index in [9.17, 15) is 18.3 Å². The number of hydrogen-bond donors (Lipinski definition) is 3. The summed E-state index contributed by atoms with van der Waals surface area (Å²) in [6, 6.07) is 7.67. The van der Waals surface area contributed by atoms with E-state index in [2.05, 4.69) is 25.6 Å². The van der Waals surface area contributed by atoms with Gasteiger partial charge in [-0.2, -0.15) is 18.2 Å². The lowest BCUT2D eigenvalue weighted by Gasteiger charge is -2.15. The van der Waals surface area contributed by atoms with Crippen molar-refractivity contribution in [3.8, 4) is 10.6 Å². The molecule has 2 aromatic heterocycles. The second-order valence-electron chi connectivity index (χ2n) is 6.58. The minimum Gasteiger partial charge on any atom is -0.396 e. The van der Waals surface area contributed by atoms with Crippen molar-refractivity contribution in [1.82, 2.24) is 15.0 Å². The molecule has 2 heterocycles. The number of alkyl halides is 3. The zero-order valence-corrected chi connectivity index (χ0v) is 16.6. The van der Waals surface area contributed by atoms with Crippen LogP contribution in [0.5, 0.6) is 0 Å². The summed E-state index contributed by atoms with van der Waals surface area (Å²) in [5.74, 6) is 0.457. The fraction of sp³-hybridized carbons (Fsp3) is 0.421. The van der Waals surface area contributed by atoms with Gasteiger partial charge in [0.25, 0.3) is 0 Å². The number of rotatable bonds is 9. The number of aliphatic hydroxyl groups excluding tert-OH is 1. The number of nitrogens with zero attached hydrogens (tertiary/aromatic N) is 3. The highest BCUT2D eigenvalue weighted by Gasteiger charge is 2.27. The zero-order chi connectivity index (χ0) is 20.9. The van der Waals surface area contributed by atoms with Crippen molar-refractivity contribution in [3.63, 3.8) is 0 Å². The first-order valence-electron chi connectivity index (χ1n) is 9.28. The van der Waals surface area contributed by atoms with Gasteiger partial charge in [-0.05, 0) is 24.5 Å².